The van der Waals surface area contributed by atoms with Crippen LogP contribution in [0.1, 0.15) is 38.5 Å². The second-order valence-electron chi connectivity index (χ2n) is 3.03. The Labute approximate surface area is 66.9 Å². The molecule has 0 atom stereocenters. The molecule has 0 aromatic carbocycles. The third-order valence-corrected chi connectivity index (χ3v) is 2.01. The maximum absolute atomic E-state index is 10.3. The molecule has 62 valence electrons. The van der Waals surface area contributed by atoms with E-state index in [4.69, 9.17) is 5.11 Å². The van der Waals surface area contributed by atoms with E-state index in [-0.39, 0.29) is 6.42 Å². The average molecular weight is 154 g/mol. The van der Waals surface area contributed by atoms with Crippen LogP contribution in [0.5, 0.6) is 0 Å². The van der Waals surface area contributed by atoms with E-state index in [0.29, 0.717) is 0 Å². The first-order valence-corrected chi connectivity index (χ1v) is 4.19. The van der Waals surface area contributed by atoms with Crippen molar-refractivity contribution in [3.05, 3.63) is 11.6 Å². The van der Waals surface area contributed by atoms with E-state index in [1.165, 1.54) is 19.3 Å². The fourth-order valence-corrected chi connectivity index (χ4v) is 1.44. The van der Waals surface area contributed by atoms with Crippen molar-refractivity contribution < 1.29 is 9.90 Å². The van der Waals surface area contributed by atoms with Crippen LogP contribution in [-0.4, -0.2) is 11.1 Å². The van der Waals surface area contributed by atoms with E-state index in [1.807, 2.05) is 0 Å². The summed E-state index contributed by atoms with van der Waals surface area (Å²) >= 11 is 0. The topological polar surface area (TPSA) is 37.3 Å². The van der Waals surface area contributed by atoms with Crippen molar-refractivity contribution in [3.8, 4) is 0 Å². The fourth-order valence-electron chi connectivity index (χ4n) is 1.44. The fraction of sp³-hybridized carbons (Fsp3) is 0.667. The Morgan fingerprint density at radius 2 is 2.27 bits per heavy atom. The van der Waals surface area contributed by atoms with Crippen molar-refractivity contribution in [3.63, 3.8) is 0 Å². The largest absolute Gasteiger partial charge is 0.481 e. The van der Waals surface area contributed by atoms with Gasteiger partial charge in [0.05, 0.1) is 6.42 Å². The highest BCUT2D eigenvalue weighted by Gasteiger charge is 2.05. The Morgan fingerprint density at radius 1 is 1.45 bits per heavy atom. The first-order valence-electron chi connectivity index (χ1n) is 4.19. The molecular weight excluding hydrogens is 140 g/mol. The van der Waals surface area contributed by atoms with Gasteiger partial charge in [-0.3, -0.25) is 4.79 Å². The molecule has 1 aliphatic rings. The predicted octanol–water partition coefficient (Wildman–Crippen LogP) is 2.35. The minimum Gasteiger partial charge on any atom is -0.481 e. The Bertz CT molecular complexity index is 170. The SMILES string of the molecule is O=C(O)CC1=CCCCCC1. The molecule has 0 radical (unpaired) electrons. The lowest BCUT2D eigenvalue weighted by atomic mass is 10.1. The van der Waals surface area contributed by atoms with E-state index >= 15 is 0 Å². The van der Waals surface area contributed by atoms with Crippen LogP contribution in [0.15, 0.2) is 11.6 Å². The van der Waals surface area contributed by atoms with Crippen molar-refractivity contribution in [1.82, 2.24) is 0 Å². The molecule has 1 rings (SSSR count). The second-order valence-corrected chi connectivity index (χ2v) is 3.03. The Morgan fingerprint density at radius 3 is 3.00 bits per heavy atom. The zero-order valence-corrected chi connectivity index (χ0v) is 6.68. The van der Waals surface area contributed by atoms with Gasteiger partial charge in [-0.2, -0.15) is 0 Å². The van der Waals surface area contributed by atoms with Gasteiger partial charge in [-0.15, -0.1) is 0 Å². The molecule has 0 saturated carbocycles. The number of allylic oxidation sites excluding steroid dienone is 1. The molecule has 0 aromatic rings. The molecule has 0 heterocycles. The lowest BCUT2D eigenvalue weighted by molar-refractivity contribution is -0.136. The summed E-state index contributed by atoms with van der Waals surface area (Å²) in [5.74, 6) is -0.696. The predicted molar refractivity (Wildman–Crippen MR) is 43.4 cm³/mol. The van der Waals surface area contributed by atoms with Crippen molar-refractivity contribution in [2.45, 2.75) is 38.5 Å². The van der Waals surface area contributed by atoms with Crippen molar-refractivity contribution in [1.29, 1.82) is 0 Å². The molecule has 0 unspecified atom stereocenters. The number of aliphatic carboxylic acids is 1. The van der Waals surface area contributed by atoms with Gasteiger partial charge in [-0.25, -0.2) is 0 Å². The quantitative estimate of drug-likeness (QED) is 0.620. The average Bonchev–Trinajstić information content (AvgIpc) is 2.14. The van der Waals surface area contributed by atoms with Gasteiger partial charge in [0.1, 0.15) is 0 Å². The van der Waals surface area contributed by atoms with Crippen LogP contribution in [0, 0.1) is 0 Å². The first kappa shape index (κ1) is 8.31. The lowest BCUT2D eigenvalue weighted by Crippen LogP contribution is -1.96. The molecule has 0 amide bonds. The number of carboxylic acid groups (broad SMARTS) is 1. The summed E-state index contributed by atoms with van der Waals surface area (Å²) in [6.45, 7) is 0. The molecule has 0 aromatic heterocycles. The maximum Gasteiger partial charge on any atom is 0.307 e. The molecule has 2 heteroatoms. The number of hydrogen-bond donors (Lipinski definition) is 1. The van der Waals surface area contributed by atoms with Gasteiger partial charge in [0.25, 0.3) is 0 Å². The lowest BCUT2D eigenvalue weighted by Gasteiger charge is -1.99. The third kappa shape index (κ3) is 3.21. The van der Waals surface area contributed by atoms with Crippen LogP contribution < -0.4 is 0 Å². The zero-order chi connectivity index (χ0) is 8.10. The Hall–Kier alpha value is -0.790. The summed E-state index contributed by atoms with van der Waals surface area (Å²) in [6.07, 6.45) is 8.05. The number of hydrogen-bond acceptors (Lipinski definition) is 1. The van der Waals surface area contributed by atoms with Crippen molar-refractivity contribution >= 4 is 5.97 Å². The number of carbonyl (C=O) groups is 1. The van der Waals surface area contributed by atoms with Crippen LogP contribution in [0.25, 0.3) is 0 Å². The molecule has 1 N–H and O–H groups in total. The zero-order valence-electron chi connectivity index (χ0n) is 6.68. The van der Waals surface area contributed by atoms with E-state index < -0.39 is 5.97 Å². The van der Waals surface area contributed by atoms with Crippen LogP contribution in [-0.2, 0) is 4.79 Å². The van der Waals surface area contributed by atoms with Gasteiger partial charge in [-0.05, 0) is 25.7 Å². The Balaban J connectivity index is 2.40. The molecule has 0 saturated heterocycles. The van der Waals surface area contributed by atoms with Crippen molar-refractivity contribution in [2.75, 3.05) is 0 Å². The summed E-state index contributed by atoms with van der Waals surface area (Å²) in [5, 5.41) is 8.52. The van der Waals surface area contributed by atoms with Gasteiger partial charge in [0.2, 0.25) is 0 Å². The van der Waals surface area contributed by atoms with Crippen molar-refractivity contribution in [2.24, 2.45) is 0 Å². The van der Waals surface area contributed by atoms with E-state index in [1.54, 1.807) is 0 Å². The van der Waals surface area contributed by atoms with Gasteiger partial charge >= 0.3 is 5.97 Å². The summed E-state index contributed by atoms with van der Waals surface area (Å²) in [6, 6.07) is 0. The highest BCUT2D eigenvalue weighted by atomic mass is 16.4. The molecule has 0 aliphatic heterocycles. The number of rotatable bonds is 2. The highest BCUT2D eigenvalue weighted by Crippen LogP contribution is 2.19. The molecule has 0 fully saturated rings. The van der Waals surface area contributed by atoms with Gasteiger partial charge in [0.15, 0.2) is 0 Å². The summed E-state index contributed by atoms with van der Waals surface area (Å²) in [7, 11) is 0. The van der Waals surface area contributed by atoms with Crippen LogP contribution in [0.2, 0.25) is 0 Å². The van der Waals surface area contributed by atoms with Gasteiger partial charge in [-0.1, -0.05) is 18.1 Å². The van der Waals surface area contributed by atoms with E-state index in [2.05, 4.69) is 6.08 Å². The molecule has 0 spiro atoms. The Kier molecular flexibility index (Phi) is 3.14. The standard InChI is InChI=1S/C9H14O2/c10-9(11)7-8-5-3-1-2-4-6-8/h5H,1-4,6-7H2,(H,10,11). The molecule has 11 heavy (non-hydrogen) atoms. The minimum atomic E-state index is -0.696. The van der Waals surface area contributed by atoms with Gasteiger partial charge in [0, 0.05) is 0 Å². The highest BCUT2D eigenvalue weighted by molar-refractivity contribution is 5.69. The minimum absolute atomic E-state index is 0.250. The second kappa shape index (κ2) is 4.16. The summed E-state index contributed by atoms with van der Waals surface area (Å²) < 4.78 is 0. The van der Waals surface area contributed by atoms with Gasteiger partial charge < -0.3 is 5.11 Å². The molecule has 0 bridgehead atoms. The van der Waals surface area contributed by atoms with Crippen LogP contribution in [0.4, 0.5) is 0 Å². The maximum atomic E-state index is 10.3. The normalized spacial score (nSPS) is 18.7. The number of carboxylic acids is 1. The van der Waals surface area contributed by atoms with Crippen LogP contribution in [0.3, 0.4) is 0 Å². The molecule has 2 nitrogen and oxygen atoms in total. The van der Waals surface area contributed by atoms with E-state index in [9.17, 15) is 4.79 Å². The van der Waals surface area contributed by atoms with Crippen LogP contribution >= 0.6 is 0 Å². The summed E-state index contributed by atoms with van der Waals surface area (Å²) in [4.78, 5) is 10.3. The first-order chi connectivity index (χ1) is 5.29. The summed E-state index contributed by atoms with van der Waals surface area (Å²) in [5.41, 5.74) is 1.12. The molecule has 1 aliphatic carbocycles. The monoisotopic (exact) mass is 154 g/mol. The smallest absolute Gasteiger partial charge is 0.307 e. The molecular formula is C9H14O2. The third-order valence-electron chi connectivity index (χ3n) is 2.01. The van der Waals surface area contributed by atoms with E-state index in [0.717, 1.165) is 18.4 Å².